The van der Waals surface area contributed by atoms with Crippen molar-refractivity contribution in [2.45, 2.75) is 19.9 Å². The summed E-state index contributed by atoms with van der Waals surface area (Å²) >= 11 is 0. The monoisotopic (exact) mass is 285 g/mol. The highest BCUT2D eigenvalue weighted by molar-refractivity contribution is 5.77. The standard InChI is InChI=1S/C16H16FN3O/c1-11-9-14-16(18-10-11)20(7-2-8-21)15(19-14)12-3-5-13(17)6-4-12/h3-6,9-10,21H,2,7-8H2,1H3. The van der Waals surface area contributed by atoms with Gasteiger partial charge in [-0.2, -0.15) is 0 Å². The molecule has 0 unspecified atom stereocenters. The van der Waals surface area contributed by atoms with Gasteiger partial charge in [0.1, 0.15) is 17.2 Å². The summed E-state index contributed by atoms with van der Waals surface area (Å²) < 4.78 is 15.1. The van der Waals surface area contributed by atoms with E-state index in [9.17, 15) is 4.39 Å². The fourth-order valence-corrected chi connectivity index (χ4v) is 2.37. The molecule has 3 rings (SSSR count). The van der Waals surface area contributed by atoms with Crippen molar-refractivity contribution in [1.29, 1.82) is 0 Å². The van der Waals surface area contributed by atoms with Gasteiger partial charge in [-0.05, 0) is 49.2 Å². The lowest BCUT2D eigenvalue weighted by Crippen LogP contribution is -2.03. The van der Waals surface area contributed by atoms with E-state index >= 15 is 0 Å². The highest BCUT2D eigenvalue weighted by atomic mass is 19.1. The highest BCUT2D eigenvalue weighted by Crippen LogP contribution is 2.24. The Balaban J connectivity index is 2.17. The Bertz CT molecular complexity index is 765. The average molecular weight is 285 g/mol. The molecule has 0 aliphatic rings. The Morgan fingerprint density at radius 2 is 2.00 bits per heavy atom. The van der Waals surface area contributed by atoms with Crippen molar-refractivity contribution in [1.82, 2.24) is 14.5 Å². The maximum atomic E-state index is 13.1. The van der Waals surface area contributed by atoms with E-state index in [1.165, 1.54) is 12.1 Å². The minimum Gasteiger partial charge on any atom is -0.396 e. The van der Waals surface area contributed by atoms with E-state index in [0.717, 1.165) is 28.1 Å². The third kappa shape index (κ3) is 2.64. The SMILES string of the molecule is Cc1cnc2c(c1)nc(-c1ccc(F)cc1)n2CCCO. The predicted octanol–water partition coefficient (Wildman–Crippen LogP) is 2.93. The molecule has 0 bridgehead atoms. The van der Waals surface area contributed by atoms with Gasteiger partial charge in [-0.25, -0.2) is 14.4 Å². The number of imidazole rings is 1. The largest absolute Gasteiger partial charge is 0.396 e. The minimum atomic E-state index is -0.272. The van der Waals surface area contributed by atoms with Crippen molar-refractivity contribution in [3.63, 3.8) is 0 Å². The van der Waals surface area contributed by atoms with Crippen molar-refractivity contribution < 1.29 is 9.50 Å². The summed E-state index contributed by atoms with van der Waals surface area (Å²) in [5.41, 5.74) is 3.48. The van der Waals surface area contributed by atoms with Gasteiger partial charge in [-0.3, -0.25) is 0 Å². The van der Waals surface area contributed by atoms with Crippen LogP contribution in [0.4, 0.5) is 4.39 Å². The van der Waals surface area contributed by atoms with E-state index in [-0.39, 0.29) is 12.4 Å². The van der Waals surface area contributed by atoms with Gasteiger partial charge >= 0.3 is 0 Å². The van der Waals surface area contributed by atoms with E-state index in [0.29, 0.717) is 13.0 Å². The van der Waals surface area contributed by atoms with Gasteiger partial charge in [-0.1, -0.05) is 0 Å². The van der Waals surface area contributed by atoms with Crippen molar-refractivity contribution >= 4 is 11.2 Å². The summed E-state index contributed by atoms with van der Waals surface area (Å²) in [7, 11) is 0. The van der Waals surface area contributed by atoms with Crippen LogP contribution in [-0.4, -0.2) is 26.2 Å². The Hall–Kier alpha value is -2.27. The second-order valence-corrected chi connectivity index (χ2v) is 5.03. The van der Waals surface area contributed by atoms with Crippen LogP contribution in [-0.2, 0) is 6.54 Å². The molecule has 0 saturated carbocycles. The topological polar surface area (TPSA) is 50.9 Å². The predicted molar refractivity (Wildman–Crippen MR) is 79.4 cm³/mol. The van der Waals surface area contributed by atoms with E-state index in [1.54, 1.807) is 18.3 Å². The van der Waals surface area contributed by atoms with Gasteiger partial charge in [0.15, 0.2) is 5.65 Å². The third-order valence-electron chi connectivity index (χ3n) is 3.36. The maximum absolute atomic E-state index is 13.1. The third-order valence-corrected chi connectivity index (χ3v) is 3.36. The van der Waals surface area contributed by atoms with E-state index < -0.39 is 0 Å². The molecule has 1 N–H and O–H groups in total. The Morgan fingerprint density at radius 1 is 1.24 bits per heavy atom. The maximum Gasteiger partial charge on any atom is 0.160 e. The van der Waals surface area contributed by atoms with Crippen LogP contribution in [0.5, 0.6) is 0 Å². The molecule has 0 atom stereocenters. The zero-order valence-corrected chi connectivity index (χ0v) is 11.8. The summed E-state index contributed by atoms with van der Waals surface area (Å²) in [5, 5.41) is 9.08. The second-order valence-electron chi connectivity index (χ2n) is 5.03. The number of nitrogens with zero attached hydrogens (tertiary/aromatic N) is 3. The second kappa shape index (κ2) is 5.61. The molecule has 2 heterocycles. The summed E-state index contributed by atoms with van der Waals surface area (Å²) in [6, 6.07) is 8.23. The molecule has 4 nitrogen and oxygen atoms in total. The number of hydrogen-bond acceptors (Lipinski definition) is 3. The molecule has 0 fully saturated rings. The van der Waals surface area contributed by atoms with Crippen LogP contribution in [0.15, 0.2) is 36.5 Å². The van der Waals surface area contributed by atoms with E-state index in [2.05, 4.69) is 9.97 Å². The van der Waals surface area contributed by atoms with Gasteiger partial charge in [0, 0.05) is 24.9 Å². The molecule has 2 aromatic heterocycles. The van der Waals surface area contributed by atoms with E-state index in [1.807, 2.05) is 17.6 Å². The first-order chi connectivity index (χ1) is 10.2. The Morgan fingerprint density at radius 3 is 2.71 bits per heavy atom. The fraction of sp³-hybridized carbons (Fsp3) is 0.250. The first-order valence-electron chi connectivity index (χ1n) is 6.89. The number of rotatable bonds is 4. The highest BCUT2D eigenvalue weighted by Gasteiger charge is 2.13. The van der Waals surface area contributed by atoms with Crippen LogP contribution in [0.1, 0.15) is 12.0 Å². The summed E-state index contributed by atoms with van der Waals surface area (Å²) in [6.45, 7) is 2.70. The van der Waals surface area contributed by atoms with Gasteiger partial charge in [0.2, 0.25) is 0 Å². The van der Waals surface area contributed by atoms with Crippen LogP contribution < -0.4 is 0 Å². The van der Waals surface area contributed by atoms with Crippen molar-refractivity contribution in [3.8, 4) is 11.4 Å². The summed E-state index contributed by atoms with van der Waals surface area (Å²) in [4.78, 5) is 9.06. The quantitative estimate of drug-likeness (QED) is 0.802. The number of fused-ring (bicyclic) bond motifs is 1. The number of pyridine rings is 1. The molecule has 0 aliphatic carbocycles. The Kier molecular flexibility index (Phi) is 3.66. The minimum absolute atomic E-state index is 0.106. The van der Waals surface area contributed by atoms with Crippen molar-refractivity contribution in [3.05, 3.63) is 47.9 Å². The molecule has 5 heteroatoms. The summed E-state index contributed by atoms with van der Waals surface area (Å²) in [5.74, 6) is 0.474. The number of aryl methyl sites for hydroxylation is 2. The molecule has 0 amide bonds. The van der Waals surface area contributed by atoms with Crippen LogP contribution in [0.25, 0.3) is 22.6 Å². The first kappa shape index (κ1) is 13.7. The van der Waals surface area contributed by atoms with Crippen LogP contribution in [0, 0.1) is 12.7 Å². The molecule has 108 valence electrons. The van der Waals surface area contributed by atoms with Crippen molar-refractivity contribution in [2.75, 3.05) is 6.61 Å². The molecule has 0 aliphatic heterocycles. The zero-order valence-electron chi connectivity index (χ0n) is 11.8. The molecule has 1 aromatic carbocycles. The lowest BCUT2D eigenvalue weighted by atomic mass is 10.2. The Labute approximate surface area is 121 Å². The molecule has 0 spiro atoms. The molecule has 0 radical (unpaired) electrons. The smallest absolute Gasteiger partial charge is 0.160 e. The molecular weight excluding hydrogens is 269 g/mol. The zero-order chi connectivity index (χ0) is 14.8. The van der Waals surface area contributed by atoms with Gasteiger partial charge in [0.25, 0.3) is 0 Å². The van der Waals surface area contributed by atoms with E-state index in [4.69, 9.17) is 5.11 Å². The number of hydrogen-bond donors (Lipinski definition) is 1. The molecule has 21 heavy (non-hydrogen) atoms. The number of aliphatic hydroxyl groups is 1. The fourth-order valence-electron chi connectivity index (χ4n) is 2.37. The van der Waals surface area contributed by atoms with Gasteiger partial charge in [0.05, 0.1) is 0 Å². The lowest BCUT2D eigenvalue weighted by Gasteiger charge is -2.07. The van der Waals surface area contributed by atoms with Crippen molar-refractivity contribution in [2.24, 2.45) is 0 Å². The molecule has 3 aromatic rings. The molecule has 0 saturated heterocycles. The number of aliphatic hydroxyl groups excluding tert-OH is 1. The normalized spacial score (nSPS) is 11.2. The number of halogens is 1. The average Bonchev–Trinajstić information content (AvgIpc) is 2.83. The summed E-state index contributed by atoms with van der Waals surface area (Å²) in [6.07, 6.45) is 2.42. The van der Waals surface area contributed by atoms with Crippen LogP contribution in [0.3, 0.4) is 0 Å². The first-order valence-corrected chi connectivity index (χ1v) is 6.89. The number of benzene rings is 1. The molecular formula is C16H16FN3O. The number of aromatic nitrogens is 3. The lowest BCUT2D eigenvalue weighted by molar-refractivity contribution is 0.280. The van der Waals surface area contributed by atoms with Gasteiger partial charge in [-0.15, -0.1) is 0 Å². The van der Waals surface area contributed by atoms with Crippen LogP contribution in [0.2, 0.25) is 0 Å². The van der Waals surface area contributed by atoms with Gasteiger partial charge < -0.3 is 9.67 Å². The van der Waals surface area contributed by atoms with Crippen LogP contribution >= 0.6 is 0 Å².